The Bertz CT molecular complexity index is 1450. The minimum absolute atomic E-state index is 0.0240. The number of hydrogen-bond acceptors (Lipinski definition) is 8. The fraction of sp³-hybridized carbons (Fsp3) is 0.176. The van der Waals surface area contributed by atoms with Crippen LogP contribution in [-0.2, 0) is 41.7 Å². The zero-order chi connectivity index (χ0) is 30.7. The monoisotopic (exact) mass is 594 g/mol. The fourth-order valence-electron chi connectivity index (χ4n) is 4.47. The second-order valence-corrected chi connectivity index (χ2v) is 10.2. The molecule has 2 unspecified atom stereocenters. The van der Waals surface area contributed by atoms with Crippen molar-refractivity contribution in [1.82, 2.24) is 11.0 Å². The highest BCUT2D eigenvalue weighted by Gasteiger charge is 2.44. The van der Waals surface area contributed by atoms with Gasteiger partial charge >= 0.3 is 11.9 Å². The molecule has 0 aromatic heterocycles. The van der Waals surface area contributed by atoms with E-state index in [2.05, 4.69) is 11.0 Å². The van der Waals surface area contributed by atoms with Gasteiger partial charge in [0.1, 0.15) is 23.0 Å². The highest BCUT2D eigenvalue weighted by molar-refractivity contribution is 5.86. The van der Waals surface area contributed by atoms with Gasteiger partial charge in [-0.25, -0.2) is 9.59 Å². The topological polar surface area (TPSA) is 129 Å². The Morgan fingerprint density at radius 3 is 1.18 bits per heavy atom. The van der Waals surface area contributed by atoms with Crippen LogP contribution in [-0.4, -0.2) is 23.8 Å². The number of carbonyl (C=O) groups is 4. The van der Waals surface area contributed by atoms with Gasteiger partial charge in [-0.05, 0) is 72.5 Å². The van der Waals surface area contributed by atoms with Gasteiger partial charge in [0.25, 0.3) is 11.8 Å². The molecule has 0 saturated heterocycles. The molecule has 10 nitrogen and oxygen atoms in total. The standard InChI is InChI=1S/C34H30N2O8/c37-31(21-23-11-15-27(16-12-23)41-25-7-3-1-4-8-25)35-43-33(39)29-19-20-30(29)34(40)44-36-32(38)22-24-13-17-28(18-14-24)42-26-9-5-2-6-10-26/h1-18,29-30H,19-22H2,(H,35,37)(H,36,38). The molecule has 1 aliphatic carbocycles. The minimum atomic E-state index is -0.786. The Balaban J connectivity index is 0.997. The van der Waals surface area contributed by atoms with Crippen LogP contribution >= 0.6 is 0 Å². The molecule has 44 heavy (non-hydrogen) atoms. The van der Waals surface area contributed by atoms with Gasteiger partial charge in [0.2, 0.25) is 0 Å². The van der Waals surface area contributed by atoms with Crippen molar-refractivity contribution in [3.05, 3.63) is 120 Å². The van der Waals surface area contributed by atoms with Crippen molar-refractivity contribution in [3.8, 4) is 23.0 Å². The average molecular weight is 595 g/mol. The summed E-state index contributed by atoms with van der Waals surface area (Å²) in [6.45, 7) is 0. The van der Waals surface area contributed by atoms with Gasteiger partial charge in [-0.15, -0.1) is 0 Å². The first-order chi connectivity index (χ1) is 21.4. The molecule has 10 heteroatoms. The number of amides is 2. The van der Waals surface area contributed by atoms with E-state index in [-0.39, 0.29) is 12.8 Å². The normalized spacial score (nSPS) is 15.2. The van der Waals surface area contributed by atoms with E-state index in [1.165, 1.54) is 0 Å². The van der Waals surface area contributed by atoms with E-state index < -0.39 is 35.6 Å². The lowest BCUT2D eigenvalue weighted by Crippen LogP contribution is -2.44. The lowest BCUT2D eigenvalue weighted by molar-refractivity contribution is -0.178. The zero-order valence-electron chi connectivity index (χ0n) is 23.6. The van der Waals surface area contributed by atoms with Gasteiger partial charge in [0.15, 0.2) is 0 Å². The van der Waals surface area contributed by atoms with Crippen LogP contribution in [0, 0.1) is 11.8 Å². The van der Waals surface area contributed by atoms with E-state index in [1.807, 2.05) is 60.7 Å². The highest BCUT2D eigenvalue weighted by Crippen LogP contribution is 2.36. The largest absolute Gasteiger partial charge is 0.457 e. The molecule has 0 bridgehead atoms. The molecule has 0 heterocycles. The Morgan fingerprint density at radius 2 is 0.841 bits per heavy atom. The van der Waals surface area contributed by atoms with Crippen LogP contribution in [0.3, 0.4) is 0 Å². The van der Waals surface area contributed by atoms with Crippen LogP contribution in [0.25, 0.3) is 0 Å². The molecule has 224 valence electrons. The van der Waals surface area contributed by atoms with E-state index >= 15 is 0 Å². The third-order valence-corrected chi connectivity index (χ3v) is 6.94. The van der Waals surface area contributed by atoms with Gasteiger partial charge in [0.05, 0.1) is 24.7 Å². The number of hydrogen-bond donors (Lipinski definition) is 2. The maximum Gasteiger partial charge on any atom is 0.336 e. The Morgan fingerprint density at radius 1 is 0.500 bits per heavy atom. The van der Waals surface area contributed by atoms with E-state index in [9.17, 15) is 19.2 Å². The van der Waals surface area contributed by atoms with Gasteiger partial charge in [-0.3, -0.25) is 9.59 Å². The van der Waals surface area contributed by atoms with Crippen molar-refractivity contribution >= 4 is 23.8 Å². The van der Waals surface area contributed by atoms with Crippen molar-refractivity contribution in [2.24, 2.45) is 11.8 Å². The van der Waals surface area contributed by atoms with Gasteiger partial charge in [-0.1, -0.05) is 60.7 Å². The quantitative estimate of drug-likeness (QED) is 0.239. The van der Waals surface area contributed by atoms with E-state index in [0.29, 0.717) is 47.0 Å². The van der Waals surface area contributed by atoms with Gasteiger partial charge in [0, 0.05) is 0 Å². The summed E-state index contributed by atoms with van der Waals surface area (Å²) in [6.07, 6.45) is 0.735. The molecule has 1 aliphatic rings. The van der Waals surface area contributed by atoms with Crippen molar-refractivity contribution in [2.75, 3.05) is 0 Å². The number of para-hydroxylation sites is 2. The summed E-state index contributed by atoms with van der Waals surface area (Å²) in [5, 5.41) is 0. The first kappa shape index (κ1) is 29.8. The highest BCUT2D eigenvalue weighted by atomic mass is 16.7. The van der Waals surface area contributed by atoms with E-state index in [0.717, 1.165) is 0 Å². The summed E-state index contributed by atoms with van der Waals surface area (Å²) in [7, 11) is 0. The Kier molecular flexibility index (Phi) is 9.83. The number of nitrogens with one attached hydrogen (secondary N) is 2. The lowest BCUT2D eigenvalue weighted by atomic mass is 9.74. The molecule has 2 amide bonds. The Hall–Kier alpha value is -5.64. The Labute approximate surface area is 253 Å². The molecule has 0 spiro atoms. The number of ether oxygens (including phenoxy) is 2. The molecule has 0 aliphatic heterocycles. The summed E-state index contributed by atoms with van der Waals surface area (Å²) in [4.78, 5) is 59.4. The maximum atomic E-state index is 12.5. The molecule has 0 radical (unpaired) electrons. The number of benzene rings is 4. The van der Waals surface area contributed by atoms with Crippen LogP contribution in [0.1, 0.15) is 24.0 Å². The first-order valence-electron chi connectivity index (χ1n) is 14.1. The third-order valence-electron chi connectivity index (χ3n) is 6.94. The number of hydroxylamine groups is 2. The molecule has 1 fully saturated rings. The van der Waals surface area contributed by atoms with E-state index in [1.54, 1.807) is 48.5 Å². The second kappa shape index (κ2) is 14.5. The second-order valence-electron chi connectivity index (χ2n) is 10.2. The molecule has 4 aromatic rings. The summed E-state index contributed by atoms with van der Waals surface area (Å²) in [5.74, 6) is -1.49. The molecular formula is C34H30N2O8. The molecule has 2 N–H and O–H groups in total. The molecule has 1 saturated carbocycles. The van der Waals surface area contributed by atoms with E-state index in [4.69, 9.17) is 19.1 Å². The van der Waals surface area contributed by atoms with Gasteiger partial charge < -0.3 is 19.1 Å². The third kappa shape index (κ3) is 8.45. The van der Waals surface area contributed by atoms with Crippen molar-refractivity contribution < 1.29 is 38.3 Å². The predicted molar refractivity (Wildman–Crippen MR) is 158 cm³/mol. The minimum Gasteiger partial charge on any atom is -0.457 e. The first-order valence-corrected chi connectivity index (χ1v) is 14.1. The molecule has 4 aromatic carbocycles. The lowest BCUT2D eigenvalue weighted by Gasteiger charge is -2.31. The average Bonchev–Trinajstić information content (AvgIpc) is 3.01. The van der Waals surface area contributed by atoms with Crippen LogP contribution in [0.15, 0.2) is 109 Å². The van der Waals surface area contributed by atoms with Crippen LogP contribution in [0.4, 0.5) is 0 Å². The molecule has 2 atom stereocenters. The molecular weight excluding hydrogens is 564 g/mol. The van der Waals surface area contributed by atoms with Gasteiger partial charge in [-0.2, -0.15) is 11.0 Å². The summed E-state index contributed by atoms with van der Waals surface area (Å²) in [6, 6.07) is 32.5. The van der Waals surface area contributed by atoms with Crippen LogP contribution in [0.5, 0.6) is 23.0 Å². The predicted octanol–water partition coefficient (Wildman–Crippen LogP) is 5.23. The van der Waals surface area contributed by atoms with Crippen LogP contribution in [0.2, 0.25) is 0 Å². The number of rotatable bonds is 10. The van der Waals surface area contributed by atoms with Crippen molar-refractivity contribution in [1.29, 1.82) is 0 Å². The zero-order valence-corrected chi connectivity index (χ0v) is 23.6. The molecule has 5 rings (SSSR count). The smallest absolute Gasteiger partial charge is 0.336 e. The number of carbonyl (C=O) groups excluding carboxylic acids is 4. The van der Waals surface area contributed by atoms with Crippen molar-refractivity contribution in [3.63, 3.8) is 0 Å². The SMILES string of the molecule is O=C(Cc1ccc(Oc2ccccc2)cc1)NOC(=O)C1CCC1C(=O)ONC(=O)Cc1ccc(Oc2ccccc2)cc1. The summed E-state index contributed by atoms with van der Waals surface area (Å²) < 4.78 is 11.5. The van der Waals surface area contributed by atoms with Crippen molar-refractivity contribution in [2.45, 2.75) is 25.7 Å². The fourth-order valence-corrected chi connectivity index (χ4v) is 4.47. The maximum absolute atomic E-state index is 12.5. The summed E-state index contributed by atoms with van der Waals surface area (Å²) in [5.41, 5.74) is 5.66. The van der Waals surface area contributed by atoms with Crippen LogP contribution < -0.4 is 20.4 Å². The summed E-state index contributed by atoms with van der Waals surface area (Å²) >= 11 is 0.